The largest absolute Gasteiger partial charge is 0.411 e. The van der Waals surface area contributed by atoms with E-state index in [0.29, 0.717) is 16.7 Å². The zero-order valence-corrected chi connectivity index (χ0v) is 12.0. The summed E-state index contributed by atoms with van der Waals surface area (Å²) in [4.78, 5) is 11.9. The fourth-order valence-electron chi connectivity index (χ4n) is 2.11. The standard InChI is InChI=1S/C14H14FN3O2S/c15-10-6-4-9(5-7-10)13-17-18-14(20-13)21-11-3-1-2-8-16-12(11)19/h4-7,11H,1-3,8H2,(H,16,19). The molecule has 2 heterocycles. The van der Waals surface area contributed by atoms with Crippen LogP contribution in [0.25, 0.3) is 11.5 Å². The number of benzene rings is 1. The lowest BCUT2D eigenvalue weighted by Gasteiger charge is -2.08. The number of nitrogens with one attached hydrogen (secondary N) is 1. The van der Waals surface area contributed by atoms with E-state index in [1.54, 1.807) is 12.1 Å². The first kappa shape index (κ1) is 14.1. The Kier molecular flexibility index (Phi) is 4.19. The monoisotopic (exact) mass is 307 g/mol. The summed E-state index contributed by atoms with van der Waals surface area (Å²) in [6.45, 7) is 0.723. The number of nitrogens with zero attached hydrogens (tertiary/aromatic N) is 2. The molecule has 0 bridgehead atoms. The van der Waals surface area contributed by atoms with Crippen molar-refractivity contribution < 1.29 is 13.6 Å². The zero-order valence-electron chi connectivity index (χ0n) is 11.2. The molecule has 2 aromatic rings. The van der Waals surface area contributed by atoms with Gasteiger partial charge in [0.25, 0.3) is 5.22 Å². The van der Waals surface area contributed by atoms with Crippen molar-refractivity contribution in [1.82, 2.24) is 15.5 Å². The maximum Gasteiger partial charge on any atom is 0.277 e. The Morgan fingerprint density at radius 3 is 2.86 bits per heavy atom. The molecule has 0 saturated carbocycles. The van der Waals surface area contributed by atoms with Gasteiger partial charge in [0, 0.05) is 12.1 Å². The molecule has 1 atom stereocenters. The maximum absolute atomic E-state index is 12.9. The van der Waals surface area contributed by atoms with E-state index in [9.17, 15) is 9.18 Å². The van der Waals surface area contributed by atoms with Gasteiger partial charge in [-0.3, -0.25) is 4.79 Å². The number of hydrogen-bond donors (Lipinski definition) is 1. The number of carbonyl (C=O) groups excluding carboxylic acids is 1. The Hall–Kier alpha value is -1.89. The zero-order chi connectivity index (χ0) is 14.7. The van der Waals surface area contributed by atoms with E-state index in [-0.39, 0.29) is 17.0 Å². The van der Waals surface area contributed by atoms with Gasteiger partial charge in [0.05, 0.1) is 5.25 Å². The number of amides is 1. The van der Waals surface area contributed by atoms with Gasteiger partial charge in [-0.2, -0.15) is 0 Å². The molecular formula is C14H14FN3O2S. The molecular weight excluding hydrogens is 293 g/mol. The van der Waals surface area contributed by atoms with Crippen LogP contribution in [0.15, 0.2) is 33.9 Å². The van der Waals surface area contributed by atoms with Crippen LogP contribution in [0, 0.1) is 5.82 Å². The second-order valence-corrected chi connectivity index (χ2v) is 5.93. The number of hydrogen-bond acceptors (Lipinski definition) is 5. The smallest absolute Gasteiger partial charge is 0.277 e. The first-order chi connectivity index (χ1) is 10.2. The summed E-state index contributed by atoms with van der Waals surface area (Å²) in [5, 5.41) is 10.9. The first-order valence-electron chi connectivity index (χ1n) is 6.76. The predicted molar refractivity (Wildman–Crippen MR) is 76.2 cm³/mol. The van der Waals surface area contributed by atoms with Gasteiger partial charge in [-0.15, -0.1) is 10.2 Å². The minimum atomic E-state index is -0.317. The van der Waals surface area contributed by atoms with Crippen LogP contribution in [-0.2, 0) is 4.79 Å². The highest BCUT2D eigenvalue weighted by atomic mass is 32.2. The van der Waals surface area contributed by atoms with E-state index in [4.69, 9.17) is 4.42 Å². The maximum atomic E-state index is 12.9. The van der Waals surface area contributed by atoms with Crippen LogP contribution in [0.4, 0.5) is 4.39 Å². The van der Waals surface area contributed by atoms with Crippen molar-refractivity contribution in [2.45, 2.75) is 29.7 Å². The average molecular weight is 307 g/mol. The Morgan fingerprint density at radius 2 is 2.05 bits per heavy atom. The first-order valence-corrected chi connectivity index (χ1v) is 7.64. The number of aromatic nitrogens is 2. The summed E-state index contributed by atoms with van der Waals surface area (Å²) in [6, 6.07) is 5.83. The van der Waals surface area contributed by atoms with Gasteiger partial charge in [0.15, 0.2) is 0 Å². The van der Waals surface area contributed by atoms with Crippen LogP contribution in [-0.4, -0.2) is 27.9 Å². The molecule has 21 heavy (non-hydrogen) atoms. The molecule has 1 aliphatic rings. The van der Waals surface area contributed by atoms with Crippen LogP contribution in [0.3, 0.4) is 0 Å². The second kappa shape index (κ2) is 6.26. The van der Waals surface area contributed by atoms with Crippen molar-refractivity contribution in [3.8, 4) is 11.5 Å². The molecule has 0 radical (unpaired) electrons. The fraction of sp³-hybridized carbons (Fsp3) is 0.357. The van der Waals surface area contributed by atoms with Crippen molar-refractivity contribution in [3.05, 3.63) is 30.1 Å². The van der Waals surface area contributed by atoms with Crippen molar-refractivity contribution in [2.24, 2.45) is 0 Å². The molecule has 7 heteroatoms. The highest BCUT2D eigenvalue weighted by molar-refractivity contribution is 8.00. The topological polar surface area (TPSA) is 68.0 Å². The van der Waals surface area contributed by atoms with E-state index in [2.05, 4.69) is 15.5 Å². The van der Waals surface area contributed by atoms with Crippen molar-refractivity contribution in [1.29, 1.82) is 0 Å². The molecule has 1 aromatic carbocycles. The SMILES string of the molecule is O=C1NCCCCC1Sc1nnc(-c2ccc(F)cc2)o1. The molecule has 1 fully saturated rings. The molecule has 3 rings (SSSR count). The fourth-order valence-corrected chi connectivity index (χ4v) is 3.05. The van der Waals surface area contributed by atoms with Gasteiger partial charge in [0.2, 0.25) is 11.8 Å². The Bertz CT molecular complexity index is 629. The summed E-state index contributed by atoms with van der Waals surface area (Å²) in [5.74, 6) is 0.0218. The lowest BCUT2D eigenvalue weighted by atomic mass is 10.2. The third-order valence-electron chi connectivity index (χ3n) is 3.23. The molecule has 1 aliphatic heterocycles. The van der Waals surface area contributed by atoms with E-state index in [1.807, 2.05) is 0 Å². The van der Waals surface area contributed by atoms with E-state index < -0.39 is 0 Å². The highest BCUT2D eigenvalue weighted by Gasteiger charge is 2.24. The van der Waals surface area contributed by atoms with Gasteiger partial charge < -0.3 is 9.73 Å². The quantitative estimate of drug-likeness (QED) is 0.944. The van der Waals surface area contributed by atoms with Gasteiger partial charge in [-0.25, -0.2) is 4.39 Å². The number of rotatable bonds is 3. The summed E-state index contributed by atoms with van der Waals surface area (Å²) in [6.07, 6.45) is 2.79. The molecule has 5 nitrogen and oxygen atoms in total. The molecule has 0 spiro atoms. The average Bonchev–Trinajstić information content (AvgIpc) is 2.85. The van der Waals surface area contributed by atoms with Crippen LogP contribution in [0.1, 0.15) is 19.3 Å². The third-order valence-corrected chi connectivity index (χ3v) is 4.33. The Morgan fingerprint density at radius 1 is 1.24 bits per heavy atom. The lowest BCUT2D eigenvalue weighted by molar-refractivity contribution is -0.120. The van der Waals surface area contributed by atoms with Gasteiger partial charge in [-0.05, 0) is 37.1 Å². The Balaban J connectivity index is 1.72. The minimum absolute atomic E-state index is 0.0130. The highest BCUT2D eigenvalue weighted by Crippen LogP contribution is 2.29. The molecule has 1 saturated heterocycles. The molecule has 110 valence electrons. The van der Waals surface area contributed by atoms with Crippen LogP contribution in [0.5, 0.6) is 0 Å². The lowest BCUT2D eigenvalue weighted by Crippen LogP contribution is -2.30. The molecule has 1 N–H and O–H groups in total. The van der Waals surface area contributed by atoms with E-state index >= 15 is 0 Å². The second-order valence-electron chi connectivity index (χ2n) is 4.77. The van der Waals surface area contributed by atoms with Gasteiger partial charge in [0.1, 0.15) is 5.82 Å². The minimum Gasteiger partial charge on any atom is -0.411 e. The van der Waals surface area contributed by atoms with Crippen LogP contribution < -0.4 is 5.32 Å². The summed E-state index contributed by atoms with van der Waals surface area (Å²) >= 11 is 1.28. The van der Waals surface area contributed by atoms with Gasteiger partial charge >= 0.3 is 0 Å². The normalized spacial score (nSPS) is 19.1. The molecule has 1 amide bonds. The van der Waals surface area contributed by atoms with Crippen molar-refractivity contribution in [2.75, 3.05) is 6.54 Å². The van der Waals surface area contributed by atoms with Crippen molar-refractivity contribution >= 4 is 17.7 Å². The summed E-state index contributed by atoms with van der Waals surface area (Å²) in [7, 11) is 0. The summed E-state index contributed by atoms with van der Waals surface area (Å²) in [5.41, 5.74) is 0.654. The molecule has 1 unspecified atom stereocenters. The van der Waals surface area contributed by atoms with E-state index in [0.717, 1.165) is 25.8 Å². The summed E-state index contributed by atoms with van der Waals surface area (Å²) < 4.78 is 18.4. The molecule has 1 aromatic heterocycles. The number of carbonyl (C=O) groups is 1. The predicted octanol–water partition coefficient (Wildman–Crippen LogP) is 2.64. The molecule has 0 aliphatic carbocycles. The van der Waals surface area contributed by atoms with Crippen LogP contribution >= 0.6 is 11.8 Å². The number of thioether (sulfide) groups is 1. The van der Waals surface area contributed by atoms with E-state index in [1.165, 1.54) is 23.9 Å². The third kappa shape index (κ3) is 3.41. The Labute approximate surface area is 125 Å². The van der Waals surface area contributed by atoms with Crippen molar-refractivity contribution in [3.63, 3.8) is 0 Å². The number of halogens is 1. The van der Waals surface area contributed by atoms with Gasteiger partial charge in [-0.1, -0.05) is 18.2 Å². The van der Waals surface area contributed by atoms with Crippen LogP contribution in [0.2, 0.25) is 0 Å².